The minimum atomic E-state index is -0.133. The smallest absolute Gasteiger partial charge is 0.0894 e. The zero-order valence-corrected chi connectivity index (χ0v) is 9.32. The first-order valence-corrected chi connectivity index (χ1v) is 5.87. The van der Waals surface area contributed by atoms with E-state index in [0.717, 1.165) is 18.8 Å². The summed E-state index contributed by atoms with van der Waals surface area (Å²) in [5.41, 5.74) is 0. The van der Waals surface area contributed by atoms with E-state index in [4.69, 9.17) is 0 Å². The molecule has 0 saturated heterocycles. The van der Waals surface area contributed by atoms with Gasteiger partial charge in [-0.2, -0.15) is 0 Å². The summed E-state index contributed by atoms with van der Waals surface area (Å²) < 4.78 is 11.7. The van der Waals surface area contributed by atoms with Crippen molar-refractivity contribution in [2.75, 3.05) is 6.67 Å². The fourth-order valence-corrected chi connectivity index (χ4v) is 1.75. The molecular weight excluding hydrogens is 163 g/mol. The van der Waals surface area contributed by atoms with E-state index < -0.39 is 0 Å². The molecule has 1 atom stereocenters. The van der Waals surface area contributed by atoms with Crippen LogP contribution in [0.25, 0.3) is 0 Å². The van der Waals surface area contributed by atoms with Gasteiger partial charge in [0.1, 0.15) is 0 Å². The molecule has 0 aliphatic carbocycles. The van der Waals surface area contributed by atoms with Gasteiger partial charge in [0.15, 0.2) is 0 Å². The Kier molecular flexibility index (Phi) is 9.96. The molecule has 0 amide bonds. The van der Waals surface area contributed by atoms with E-state index in [1.54, 1.807) is 0 Å². The van der Waals surface area contributed by atoms with Gasteiger partial charge in [0.25, 0.3) is 0 Å². The van der Waals surface area contributed by atoms with Crippen LogP contribution in [0.2, 0.25) is 0 Å². The second-order valence-electron chi connectivity index (χ2n) is 4.14. The fraction of sp³-hybridized carbons (Fsp3) is 1.00. The summed E-state index contributed by atoms with van der Waals surface area (Å²) in [6.07, 6.45) is 9.75. The van der Waals surface area contributed by atoms with Crippen LogP contribution in [0.15, 0.2) is 0 Å². The Bertz CT molecular complexity index is 91.1. The molecule has 0 heterocycles. The van der Waals surface area contributed by atoms with Gasteiger partial charge in [0.05, 0.1) is 6.67 Å². The Morgan fingerprint density at radius 3 is 2.15 bits per heavy atom. The van der Waals surface area contributed by atoms with E-state index in [1.807, 2.05) is 0 Å². The van der Waals surface area contributed by atoms with E-state index in [1.165, 1.54) is 38.5 Å². The van der Waals surface area contributed by atoms with Crippen molar-refractivity contribution in [3.63, 3.8) is 0 Å². The predicted molar refractivity (Wildman–Crippen MR) is 57.7 cm³/mol. The van der Waals surface area contributed by atoms with Crippen molar-refractivity contribution in [1.29, 1.82) is 0 Å². The zero-order valence-electron chi connectivity index (χ0n) is 9.32. The lowest BCUT2D eigenvalue weighted by Gasteiger charge is -2.08. The van der Waals surface area contributed by atoms with E-state index in [-0.39, 0.29) is 6.67 Å². The lowest BCUT2D eigenvalue weighted by molar-refractivity contribution is 0.431. The van der Waals surface area contributed by atoms with Crippen molar-refractivity contribution in [1.82, 2.24) is 0 Å². The van der Waals surface area contributed by atoms with Crippen LogP contribution in [-0.2, 0) is 0 Å². The minimum Gasteiger partial charge on any atom is -0.251 e. The third kappa shape index (κ3) is 9.85. The Morgan fingerprint density at radius 2 is 1.54 bits per heavy atom. The van der Waals surface area contributed by atoms with Crippen LogP contribution in [0.3, 0.4) is 0 Å². The van der Waals surface area contributed by atoms with Gasteiger partial charge in [0, 0.05) is 0 Å². The van der Waals surface area contributed by atoms with Crippen LogP contribution in [-0.4, -0.2) is 6.67 Å². The Morgan fingerprint density at radius 1 is 0.923 bits per heavy atom. The van der Waals surface area contributed by atoms with Gasteiger partial charge >= 0.3 is 0 Å². The van der Waals surface area contributed by atoms with E-state index >= 15 is 0 Å². The number of hydrogen-bond acceptors (Lipinski definition) is 0. The summed E-state index contributed by atoms with van der Waals surface area (Å²) in [7, 11) is 0. The number of rotatable bonds is 9. The molecule has 0 aliphatic rings. The normalized spacial score (nSPS) is 13.2. The first-order valence-electron chi connectivity index (χ1n) is 5.87. The zero-order chi connectivity index (χ0) is 9.94. The molecule has 1 heteroatoms. The molecule has 0 N–H and O–H groups in total. The van der Waals surface area contributed by atoms with Crippen molar-refractivity contribution in [2.24, 2.45) is 5.92 Å². The first-order chi connectivity index (χ1) is 6.31. The molecular formula is C12H25F. The molecule has 1 unspecified atom stereocenters. The maximum absolute atomic E-state index is 11.7. The third-order valence-electron chi connectivity index (χ3n) is 2.61. The lowest BCUT2D eigenvalue weighted by Crippen LogP contribution is -1.93. The summed E-state index contributed by atoms with van der Waals surface area (Å²) in [5.74, 6) is 0.895. The highest BCUT2D eigenvalue weighted by Crippen LogP contribution is 2.15. The Balaban J connectivity index is 2.97. The standard InChI is InChI=1S/C12H25F/c1-3-9-12(2)10-7-5-4-6-8-11-13/h12H,3-11H2,1-2H3. The SMILES string of the molecule is CCCC(C)CCCCCCCF. The van der Waals surface area contributed by atoms with Gasteiger partial charge in [0.2, 0.25) is 0 Å². The second kappa shape index (κ2) is 10.0. The summed E-state index contributed by atoms with van der Waals surface area (Å²) in [4.78, 5) is 0. The van der Waals surface area contributed by atoms with Crippen LogP contribution in [0.5, 0.6) is 0 Å². The summed E-state index contributed by atoms with van der Waals surface area (Å²) >= 11 is 0. The highest BCUT2D eigenvalue weighted by molar-refractivity contribution is 4.53. The number of unbranched alkanes of at least 4 members (excludes halogenated alkanes) is 4. The number of hydrogen-bond donors (Lipinski definition) is 0. The fourth-order valence-electron chi connectivity index (χ4n) is 1.75. The average Bonchev–Trinajstić information content (AvgIpc) is 2.11. The third-order valence-corrected chi connectivity index (χ3v) is 2.61. The highest BCUT2D eigenvalue weighted by atomic mass is 19.1. The van der Waals surface area contributed by atoms with Crippen LogP contribution in [0.1, 0.15) is 65.2 Å². The topological polar surface area (TPSA) is 0 Å². The first kappa shape index (κ1) is 12.9. The monoisotopic (exact) mass is 188 g/mol. The molecule has 0 aromatic heterocycles. The molecule has 80 valence electrons. The second-order valence-corrected chi connectivity index (χ2v) is 4.14. The molecule has 0 saturated carbocycles. The highest BCUT2D eigenvalue weighted by Gasteiger charge is 1.99. The van der Waals surface area contributed by atoms with E-state index in [0.29, 0.717) is 0 Å². The Hall–Kier alpha value is -0.0700. The van der Waals surface area contributed by atoms with Crippen molar-refractivity contribution in [2.45, 2.75) is 65.2 Å². The van der Waals surface area contributed by atoms with E-state index in [2.05, 4.69) is 13.8 Å². The van der Waals surface area contributed by atoms with Crippen LogP contribution in [0.4, 0.5) is 4.39 Å². The van der Waals surface area contributed by atoms with Crippen LogP contribution in [0, 0.1) is 5.92 Å². The number of halogens is 1. The Labute approximate surface area is 82.9 Å². The number of alkyl halides is 1. The largest absolute Gasteiger partial charge is 0.251 e. The van der Waals surface area contributed by atoms with Gasteiger partial charge in [-0.25, -0.2) is 0 Å². The molecule has 0 radical (unpaired) electrons. The lowest BCUT2D eigenvalue weighted by atomic mass is 9.98. The molecule has 0 aromatic carbocycles. The van der Waals surface area contributed by atoms with Gasteiger partial charge in [-0.15, -0.1) is 0 Å². The summed E-state index contributed by atoms with van der Waals surface area (Å²) in [6, 6.07) is 0. The van der Waals surface area contributed by atoms with Crippen LogP contribution >= 0.6 is 0 Å². The average molecular weight is 188 g/mol. The molecule has 0 rings (SSSR count). The minimum absolute atomic E-state index is 0.133. The van der Waals surface area contributed by atoms with Crippen molar-refractivity contribution >= 4 is 0 Å². The van der Waals surface area contributed by atoms with E-state index in [9.17, 15) is 4.39 Å². The van der Waals surface area contributed by atoms with Gasteiger partial charge in [-0.1, -0.05) is 58.8 Å². The van der Waals surface area contributed by atoms with Gasteiger partial charge in [-0.3, -0.25) is 4.39 Å². The van der Waals surface area contributed by atoms with Crippen molar-refractivity contribution in [3.8, 4) is 0 Å². The quantitative estimate of drug-likeness (QED) is 0.459. The van der Waals surface area contributed by atoms with Crippen molar-refractivity contribution in [3.05, 3.63) is 0 Å². The maximum atomic E-state index is 11.7. The molecule has 0 nitrogen and oxygen atoms in total. The van der Waals surface area contributed by atoms with Gasteiger partial charge in [-0.05, 0) is 12.3 Å². The molecule has 0 bridgehead atoms. The molecule has 13 heavy (non-hydrogen) atoms. The summed E-state index contributed by atoms with van der Waals surface area (Å²) in [5, 5.41) is 0. The maximum Gasteiger partial charge on any atom is 0.0894 e. The molecule has 0 spiro atoms. The molecule has 0 aromatic rings. The van der Waals surface area contributed by atoms with Crippen molar-refractivity contribution < 1.29 is 4.39 Å². The molecule has 0 aliphatic heterocycles. The van der Waals surface area contributed by atoms with Crippen LogP contribution < -0.4 is 0 Å². The predicted octanol–water partition coefficient (Wildman–Crippen LogP) is 4.73. The summed E-state index contributed by atoms with van der Waals surface area (Å²) in [6.45, 7) is 4.45. The van der Waals surface area contributed by atoms with Gasteiger partial charge < -0.3 is 0 Å². The molecule has 0 fully saturated rings.